The predicted octanol–water partition coefficient (Wildman–Crippen LogP) is 4.72. The van der Waals surface area contributed by atoms with Crippen LogP contribution in [0, 0.1) is 0 Å². The molecule has 66 valence electrons. The van der Waals surface area contributed by atoms with Crippen LogP contribution >= 0.6 is 34.5 Å². The summed E-state index contributed by atoms with van der Waals surface area (Å²) in [6.45, 7) is 0. The van der Waals surface area contributed by atoms with Gasteiger partial charge in [-0.1, -0.05) is 35.3 Å². The molecule has 2 rings (SSSR count). The first-order valence-corrected chi connectivity index (χ1v) is 5.40. The van der Waals surface area contributed by atoms with Crippen LogP contribution in [0.5, 0.6) is 0 Å². The van der Waals surface area contributed by atoms with Gasteiger partial charge in [0.15, 0.2) is 0 Å². The fraction of sp³-hybridized carbons (Fsp3) is 0. The van der Waals surface area contributed by atoms with Crippen molar-refractivity contribution in [1.29, 1.82) is 0 Å². The summed E-state index contributed by atoms with van der Waals surface area (Å²) in [4.78, 5) is 1.11. The molecule has 0 radical (unpaired) electrons. The molecular formula is C10H6Cl2S. The lowest BCUT2D eigenvalue weighted by molar-refractivity contribution is 1.69. The number of hydrogen-bond donors (Lipinski definition) is 0. The van der Waals surface area contributed by atoms with E-state index >= 15 is 0 Å². The summed E-state index contributed by atoms with van der Waals surface area (Å²) in [5, 5.41) is 3.42. The minimum atomic E-state index is 0.704. The van der Waals surface area contributed by atoms with Crippen molar-refractivity contribution in [3.05, 3.63) is 45.8 Å². The SMILES string of the molecule is Clc1cccc(Cl)c1-c1cccs1. The van der Waals surface area contributed by atoms with Gasteiger partial charge >= 0.3 is 0 Å². The maximum atomic E-state index is 6.04. The molecule has 1 aromatic carbocycles. The van der Waals surface area contributed by atoms with Gasteiger partial charge in [-0.05, 0) is 23.6 Å². The first kappa shape index (κ1) is 9.07. The van der Waals surface area contributed by atoms with Gasteiger partial charge in [-0.3, -0.25) is 0 Å². The molecule has 1 heterocycles. The van der Waals surface area contributed by atoms with Gasteiger partial charge in [-0.15, -0.1) is 11.3 Å². The molecule has 0 unspecified atom stereocenters. The van der Waals surface area contributed by atoms with E-state index in [1.807, 2.05) is 35.7 Å². The van der Waals surface area contributed by atoms with Crippen LogP contribution in [0.3, 0.4) is 0 Å². The number of halogens is 2. The van der Waals surface area contributed by atoms with Crippen molar-refractivity contribution in [2.75, 3.05) is 0 Å². The van der Waals surface area contributed by atoms with E-state index in [-0.39, 0.29) is 0 Å². The van der Waals surface area contributed by atoms with Gasteiger partial charge in [0.05, 0.1) is 10.0 Å². The minimum Gasteiger partial charge on any atom is -0.144 e. The Labute approximate surface area is 90.7 Å². The largest absolute Gasteiger partial charge is 0.144 e. The molecule has 0 fully saturated rings. The van der Waals surface area contributed by atoms with Crippen LogP contribution in [0.2, 0.25) is 10.0 Å². The Morgan fingerprint density at radius 3 is 2.15 bits per heavy atom. The van der Waals surface area contributed by atoms with E-state index in [9.17, 15) is 0 Å². The third-order valence-electron chi connectivity index (χ3n) is 1.73. The summed E-state index contributed by atoms with van der Waals surface area (Å²) < 4.78 is 0. The zero-order valence-electron chi connectivity index (χ0n) is 6.63. The molecule has 1 aromatic heterocycles. The topological polar surface area (TPSA) is 0 Å². The molecule has 0 bridgehead atoms. The van der Waals surface area contributed by atoms with Gasteiger partial charge < -0.3 is 0 Å². The summed E-state index contributed by atoms with van der Waals surface area (Å²) in [5.41, 5.74) is 0.931. The summed E-state index contributed by atoms with van der Waals surface area (Å²) in [6.07, 6.45) is 0. The molecule has 0 atom stereocenters. The van der Waals surface area contributed by atoms with E-state index in [0.29, 0.717) is 10.0 Å². The summed E-state index contributed by atoms with van der Waals surface area (Å²) in [7, 11) is 0. The molecule has 0 saturated heterocycles. The number of hydrogen-bond acceptors (Lipinski definition) is 1. The molecule has 0 N–H and O–H groups in total. The van der Waals surface area contributed by atoms with Gasteiger partial charge in [0, 0.05) is 10.4 Å². The van der Waals surface area contributed by atoms with Crippen molar-refractivity contribution in [2.45, 2.75) is 0 Å². The molecule has 0 aliphatic carbocycles. The van der Waals surface area contributed by atoms with Crippen molar-refractivity contribution < 1.29 is 0 Å². The second-order valence-electron chi connectivity index (χ2n) is 2.57. The van der Waals surface area contributed by atoms with E-state index in [2.05, 4.69) is 0 Å². The van der Waals surface area contributed by atoms with Crippen LogP contribution in [0.25, 0.3) is 10.4 Å². The Kier molecular flexibility index (Phi) is 2.58. The maximum Gasteiger partial charge on any atom is 0.0507 e. The number of benzene rings is 1. The highest BCUT2D eigenvalue weighted by Gasteiger charge is 2.07. The maximum absolute atomic E-state index is 6.04. The standard InChI is InChI=1S/C10H6Cl2S/c11-7-3-1-4-8(12)10(7)9-5-2-6-13-9/h1-6H. The van der Waals surface area contributed by atoms with Crippen LogP contribution in [-0.4, -0.2) is 0 Å². The number of rotatable bonds is 1. The molecule has 0 spiro atoms. The van der Waals surface area contributed by atoms with Crippen LogP contribution in [0.15, 0.2) is 35.7 Å². The molecular weight excluding hydrogens is 223 g/mol. The molecule has 0 aliphatic rings. The average molecular weight is 229 g/mol. The Hall–Kier alpha value is -0.500. The molecule has 13 heavy (non-hydrogen) atoms. The number of thiophene rings is 1. The lowest BCUT2D eigenvalue weighted by Gasteiger charge is -2.02. The van der Waals surface area contributed by atoms with Gasteiger partial charge in [0.2, 0.25) is 0 Å². The highest BCUT2D eigenvalue weighted by Crippen LogP contribution is 2.36. The highest BCUT2D eigenvalue weighted by atomic mass is 35.5. The molecule has 0 amide bonds. The van der Waals surface area contributed by atoms with Crippen LogP contribution in [-0.2, 0) is 0 Å². The summed E-state index contributed by atoms with van der Waals surface area (Å²) in [6, 6.07) is 9.55. The smallest absolute Gasteiger partial charge is 0.0507 e. The Morgan fingerprint density at radius 1 is 0.923 bits per heavy atom. The monoisotopic (exact) mass is 228 g/mol. The second-order valence-corrected chi connectivity index (χ2v) is 4.34. The summed E-state index contributed by atoms with van der Waals surface area (Å²) in [5.74, 6) is 0. The van der Waals surface area contributed by atoms with E-state index < -0.39 is 0 Å². The van der Waals surface area contributed by atoms with E-state index in [0.717, 1.165) is 10.4 Å². The first-order valence-electron chi connectivity index (χ1n) is 3.77. The summed E-state index contributed by atoms with van der Waals surface area (Å²) >= 11 is 13.7. The lowest BCUT2D eigenvalue weighted by atomic mass is 10.2. The average Bonchev–Trinajstić information content (AvgIpc) is 2.57. The van der Waals surface area contributed by atoms with Crippen LogP contribution in [0.1, 0.15) is 0 Å². The van der Waals surface area contributed by atoms with Gasteiger partial charge in [-0.2, -0.15) is 0 Å². The fourth-order valence-corrected chi connectivity index (χ4v) is 2.67. The van der Waals surface area contributed by atoms with Gasteiger partial charge in [0.1, 0.15) is 0 Å². The van der Waals surface area contributed by atoms with Crippen molar-refractivity contribution in [1.82, 2.24) is 0 Å². The Morgan fingerprint density at radius 2 is 1.62 bits per heavy atom. The van der Waals surface area contributed by atoms with Crippen molar-refractivity contribution in [3.8, 4) is 10.4 Å². The van der Waals surface area contributed by atoms with Crippen molar-refractivity contribution in [2.24, 2.45) is 0 Å². The normalized spacial score (nSPS) is 10.3. The molecule has 2 aromatic rings. The van der Waals surface area contributed by atoms with Gasteiger partial charge in [-0.25, -0.2) is 0 Å². The van der Waals surface area contributed by atoms with Crippen molar-refractivity contribution in [3.63, 3.8) is 0 Å². The van der Waals surface area contributed by atoms with Crippen LogP contribution in [0.4, 0.5) is 0 Å². The Bertz CT molecular complexity index is 387. The second kappa shape index (κ2) is 3.70. The van der Waals surface area contributed by atoms with E-state index in [1.54, 1.807) is 11.3 Å². The Balaban J connectivity index is 2.64. The lowest BCUT2D eigenvalue weighted by Crippen LogP contribution is -1.76. The van der Waals surface area contributed by atoms with Gasteiger partial charge in [0.25, 0.3) is 0 Å². The zero-order valence-corrected chi connectivity index (χ0v) is 8.96. The quantitative estimate of drug-likeness (QED) is 0.663. The minimum absolute atomic E-state index is 0.704. The molecule has 0 nitrogen and oxygen atoms in total. The van der Waals surface area contributed by atoms with E-state index in [4.69, 9.17) is 23.2 Å². The third kappa shape index (κ3) is 1.73. The molecule has 0 saturated carbocycles. The highest BCUT2D eigenvalue weighted by molar-refractivity contribution is 7.13. The zero-order chi connectivity index (χ0) is 9.26. The molecule has 0 aliphatic heterocycles. The fourth-order valence-electron chi connectivity index (χ4n) is 1.15. The predicted molar refractivity (Wildman–Crippen MR) is 59.8 cm³/mol. The van der Waals surface area contributed by atoms with Crippen LogP contribution < -0.4 is 0 Å². The molecule has 3 heteroatoms. The first-order chi connectivity index (χ1) is 6.29. The van der Waals surface area contributed by atoms with Crippen molar-refractivity contribution >= 4 is 34.5 Å². The third-order valence-corrected chi connectivity index (χ3v) is 3.25. The van der Waals surface area contributed by atoms with E-state index in [1.165, 1.54) is 0 Å².